The third-order valence-electron chi connectivity index (χ3n) is 5.70. The molecule has 2 aromatic rings. The van der Waals surface area contributed by atoms with Crippen LogP contribution < -0.4 is 10.1 Å². The molecule has 7 heteroatoms. The molecule has 4 rings (SSSR count). The lowest BCUT2D eigenvalue weighted by molar-refractivity contribution is -0.119. The van der Waals surface area contributed by atoms with Gasteiger partial charge in [0.25, 0.3) is 5.91 Å². The number of rotatable bonds is 5. The zero-order valence-corrected chi connectivity index (χ0v) is 16.8. The molecular weight excluding hydrogens is 390 g/mol. The molecule has 0 bridgehead atoms. The van der Waals surface area contributed by atoms with Gasteiger partial charge in [-0.3, -0.25) is 9.59 Å². The molecule has 1 saturated carbocycles. The number of ether oxygens (including phenoxy) is 1. The highest BCUT2D eigenvalue weighted by atomic mass is 19.1. The molecule has 2 amide bonds. The van der Waals surface area contributed by atoms with Gasteiger partial charge in [-0.2, -0.15) is 0 Å². The first-order valence-electron chi connectivity index (χ1n) is 10.2. The molecule has 1 aliphatic heterocycles. The summed E-state index contributed by atoms with van der Waals surface area (Å²) in [5, 5.41) is 2.52. The van der Waals surface area contributed by atoms with Crippen LogP contribution in [0.5, 0.6) is 5.75 Å². The molecule has 158 valence electrons. The molecule has 30 heavy (non-hydrogen) atoms. The van der Waals surface area contributed by atoms with Crippen LogP contribution in [-0.4, -0.2) is 35.9 Å². The topological polar surface area (TPSA) is 58.6 Å². The fraction of sp³-hybridized carbons (Fsp3) is 0.391. The number of aryl methyl sites for hydroxylation is 1. The molecule has 0 radical (unpaired) electrons. The fourth-order valence-electron chi connectivity index (χ4n) is 3.96. The number of carbonyl (C=O) groups excluding carboxylic acids is 2. The van der Waals surface area contributed by atoms with E-state index in [-0.39, 0.29) is 29.2 Å². The Kier molecular flexibility index (Phi) is 5.70. The number of carbonyl (C=O) groups is 2. The summed E-state index contributed by atoms with van der Waals surface area (Å²) in [6.45, 7) is 2.59. The summed E-state index contributed by atoms with van der Waals surface area (Å²) in [5.41, 5.74) is 0.650. The minimum Gasteiger partial charge on any atom is -0.487 e. The zero-order chi connectivity index (χ0) is 21.3. The molecule has 0 unspecified atom stereocenters. The Morgan fingerprint density at radius 2 is 1.80 bits per heavy atom. The van der Waals surface area contributed by atoms with Gasteiger partial charge in [0, 0.05) is 12.0 Å². The number of hydrogen-bond donors (Lipinski definition) is 1. The number of benzene rings is 2. The summed E-state index contributed by atoms with van der Waals surface area (Å²) >= 11 is 0. The molecule has 0 atom stereocenters. The summed E-state index contributed by atoms with van der Waals surface area (Å²) in [6.07, 6.45) is 3.27. The second-order valence-corrected chi connectivity index (χ2v) is 8.05. The second-order valence-electron chi connectivity index (χ2n) is 8.05. The Bertz CT molecular complexity index is 967. The Morgan fingerprint density at radius 1 is 1.07 bits per heavy atom. The minimum atomic E-state index is -0.945. The molecule has 0 spiro atoms. The maximum Gasteiger partial charge on any atom is 0.257 e. The van der Waals surface area contributed by atoms with Crippen molar-refractivity contribution in [3.63, 3.8) is 0 Å². The monoisotopic (exact) mass is 414 g/mol. The Morgan fingerprint density at radius 3 is 2.50 bits per heavy atom. The molecule has 2 fully saturated rings. The Labute approximate surface area is 174 Å². The van der Waals surface area contributed by atoms with Crippen molar-refractivity contribution in [2.24, 2.45) is 5.92 Å². The average Bonchev–Trinajstić information content (AvgIpc) is 3.21. The van der Waals surface area contributed by atoms with Crippen molar-refractivity contribution < 1.29 is 23.1 Å². The van der Waals surface area contributed by atoms with Crippen molar-refractivity contribution in [1.29, 1.82) is 0 Å². The van der Waals surface area contributed by atoms with E-state index in [1.54, 1.807) is 0 Å². The van der Waals surface area contributed by atoms with Crippen molar-refractivity contribution >= 4 is 17.5 Å². The highest BCUT2D eigenvalue weighted by molar-refractivity contribution is 5.98. The van der Waals surface area contributed by atoms with Gasteiger partial charge in [-0.05, 0) is 43.5 Å². The average molecular weight is 414 g/mol. The Balaban J connectivity index is 1.41. The van der Waals surface area contributed by atoms with Crippen LogP contribution >= 0.6 is 0 Å². The van der Waals surface area contributed by atoms with Crippen molar-refractivity contribution in [3.05, 3.63) is 59.2 Å². The van der Waals surface area contributed by atoms with Crippen LogP contribution in [0.15, 0.2) is 36.4 Å². The summed E-state index contributed by atoms with van der Waals surface area (Å²) in [7, 11) is 0. The third-order valence-corrected chi connectivity index (χ3v) is 5.70. The van der Waals surface area contributed by atoms with Gasteiger partial charge in [-0.1, -0.05) is 25.0 Å². The van der Waals surface area contributed by atoms with Crippen LogP contribution in [0.25, 0.3) is 0 Å². The van der Waals surface area contributed by atoms with E-state index in [9.17, 15) is 18.4 Å². The lowest BCUT2D eigenvalue weighted by Gasteiger charge is -2.39. The first-order chi connectivity index (χ1) is 14.4. The van der Waals surface area contributed by atoms with E-state index >= 15 is 0 Å². The van der Waals surface area contributed by atoms with Gasteiger partial charge >= 0.3 is 0 Å². The van der Waals surface area contributed by atoms with E-state index in [4.69, 9.17) is 4.74 Å². The highest BCUT2D eigenvalue weighted by Crippen LogP contribution is 2.28. The number of likely N-dealkylation sites (tertiary alicyclic amines) is 1. The molecular formula is C23H24F2N2O3. The lowest BCUT2D eigenvalue weighted by atomic mass is 10.1. The fourth-order valence-corrected chi connectivity index (χ4v) is 3.96. The highest BCUT2D eigenvalue weighted by Gasteiger charge is 2.34. The van der Waals surface area contributed by atoms with Crippen molar-refractivity contribution in [2.75, 3.05) is 18.4 Å². The molecule has 1 saturated heterocycles. The maximum absolute atomic E-state index is 14.3. The maximum atomic E-state index is 14.3. The van der Waals surface area contributed by atoms with E-state index in [1.165, 1.54) is 4.90 Å². The van der Waals surface area contributed by atoms with Gasteiger partial charge in [0.15, 0.2) is 0 Å². The van der Waals surface area contributed by atoms with Gasteiger partial charge in [0.2, 0.25) is 5.91 Å². The smallest absolute Gasteiger partial charge is 0.257 e. The van der Waals surface area contributed by atoms with Crippen LogP contribution in [0.3, 0.4) is 0 Å². The predicted octanol–water partition coefficient (Wildman–Crippen LogP) is 4.31. The van der Waals surface area contributed by atoms with Crippen LogP contribution in [-0.2, 0) is 4.79 Å². The number of nitrogens with one attached hydrogen (secondary N) is 1. The molecule has 1 N–H and O–H groups in total. The third kappa shape index (κ3) is 4.30. The quantitative estimate of drug-likeness (QED) is 0.793. The minimum absolute atomic E-state index is 0.162. The van der Waals surface area contributed by atoms with E-state index in [2.05, 4.69) is 5.32 Å². The first kappa shape index (κ1) is 20.3. The first-order valence-corrected chi connectivity index (χ1v) is 10.2. The van der Waals surface area contributed by atoms with E-state index < -0.39 is 17.5 Å². The number of hydrogen-bond acceptors (Lipinski definition) is 3. The second kappa shape index (κ2) is 8.42. The predicted molar refractivity (Wildman–Crippen MR) is 108 cm³/mol. The van der Waals surface area contributed by atoms with E-state index in [1.807, 2.05) is 31.2 Å². The number of nitrogens with zero attached hydrogens (tertiary/aromatic N) is 1. The molecule has 2 aromatic carbocycles. The summed E-state index contributed by atoms with van der Waals surface area (Å²) in [6, 6.07) is 9.35. The standard InChI is InChI=1S/C23H24F2N2O3/c1-14-5-4-8-16(9-14)30-17-12-27(13-17)23(29)18-10-21(20(25)11-19(18)24)26-22(28)15-6-2-3-7-15/h4-5,8-11,15,17H,2-3,6-7,12-13H2,1H3,(H,26,28). The zero-order valence-electron chi connectivity index (χ0n) is 16.8. The normalized spacial score (nSPS) is 17.0. The van der Waals surface area contributed by atoms with Gasteiger partial charge in [0.05, 0.1) is 24.3 Å². The van der Waals surface area contributed by atoms with Gasteiger partial charge in [-0.15, -0.1) is 0 Å². The molecule has 5 nitrogen and oxygen atoms in total. The van der Waals surface area contributed by atoms with Crippen molar-refractivity contribution in [2.45, 2.75) is 38.7 Å². The van der Waals surface area contributed by atoms with Gasteiger partial charge in [-0.25, -0.2) is 8.78 Å². The molecule has 1 aliphatic carbocycles. The summed E-state index contributed by atoms with van der Waals surface area (Å²) < 4.78 is 34.3. The van der Waals surface area contributed by atoms with Crippen molar-refractivity contribution in [1.82, 2.24) is 4.90 Å². The van der Waals surface area contributed by atoms with Gasteiger partial charge < -0.3 is 15.0 Å². The number of halogens is 2. The SMILES string of the molecule is Cc1cccc(OC2CN(C(=O)c3cc(NC(=O)C4CCCC4)c(F)cc3F)C2)c1. The van der Waals surface area contributed by atoms with Crippen LogP contribution in [0.2, 0.25) is 0 Å². The number of anilines is 1. The van der Waals surface area contributed by atoms with Crippen molar-refractivity contribution in [3.8, 4) is 5.75 Å². The summed E-state index contributed by atoms with van der Waals surface area (Å²) in [5.74, 6) is -2.11. The summed E-state index contributed by atoms with van der Waals surface area (Å²) in [4.78, 5) is 26.4. The molecule has 0 aromatic heterocycles. The molecule has 1 heterocycles. The van der Waals surface area contributed by atoms with E-state index in [0.717, 1.165) is 43.1 Å². The van der Waals surface area contributed by atoms with Crippen LogP contribution in [0, 0.1) is 24.5 Å². The van der Waals surface area contributed by atoms with Gasteiger partial charge in [0.1, 0.15) is 23.5 Å². The molecule has 2 aliphatic rings. The van der Waals surface area contributed by atoms with Crippen LogP contribution in [0.4, 0.5) is 14.5 Å². The largest absolute Gasteiger partial charge is 0.487 e. The Hall–Kier alpha value is -2.96. The lowest BCUT2D eigenvalue weighted by Crippen LogP contribution is -2.56. The number of amides is 2. The van der Waals surface area contributed by atoms with Crippen LogP contribution in [0.1, 0.15) is 41.6 Å². The van der Waals surface area contributed by atoms with E-state index in [0.29, 0.717) is 19.2 Å².